The predicted molar refractivity (Wildman–Crippen MR) is 353 cm³/mol. The minimum atomic E-state index is -0.813. The lowest BCUT2D eigenvalue weighted by Gasteiger charge is -2.18. The summed E-state index contributed by atoms with van der Waals surface area (Å²) < 4.78 is 16.9. The molecule has 0 saturated heterocycles. The van der Waals surface area contributed by atoms with Gasteiger partial charge in [-0.25, -0.2) is 0 Å². The molecule has 0 rings (SSSR count). The zero-order valence-electron chi connectivity index (χ0n) is 52.8. The molecule has 6 heteroatoms. The first kappa shape index (κ1) is 76.5. The van der Waals surface area contributed by atoms with E-state index in [1.165, 1.54) is 154 Å². The van der Waals surface area contributed by atoms with Gasteiger partial charge in [0.2, 0.25) is 0 Å². The summed E-state index contributed by atoms with van der Waals surface area (Å²) in [5.41, 5.74) is 0. The number of carbonyl (C=O) groups is 3. The van der Waals surface area contributed by atoms with Crippen molar-refractivity contribution in [1.82, 2.24) is 0 Å². The van der Waals surface area contributed by atoms with E-state index in [9.17, 15) is 14.4 Å². The Kier molecular flexibility index (Phi) is 64.3. The van der Waals surface area contributed by atoms with E-state index in [1.807, 2.05) is 6.08 Å². The standard InChI is InChI=1S/C75H124O6/c1-4-7-10-13-16-19-22-25-27-29-31-32-33-34-35-36-37-38-39-40-41-42-44-45-47-50-53-56-59-62-65-68-74(77)80-71-72(70-79-73(76)67-64-61-58-55-52-49-24-21-18-15-12-9-6-3)81-75(78)69-66-63-60-57-54-51-48-46-43-30-28-26-23-20-17-14-11-8-5-2/h7,9-10,12,16,18-19,21,25-28,31-32,34-35,37-38,49,52,58,61,72H,4-6,8,11,13-15,17,20,22-24,29-30,33,36,39-48,50-51,53-57,59-60,62-71H2,1-3H3/b10-7-,12-9-,19-16-,21-18-,27-25-,28-26-,32-31-,35-34-,38-37-,52-49-,61-58-. The van der Waals surface area contributed by atoms with Gasteiger partial charge in [0.05, 0.1) is 0 Å². The maximum absolute atomic E-state index is 12.9. The van der Waals surface area contributed by atoms with E-state index in [-0.39, 0.29) is 37.5 Å². The van der Waals surface area contributed by atoms with E-state index in [1.54, 1.807) is 0 Å². The Bertz CT molecular complexity index is 1720. The van der Waals surface area contributed by atoms with Crippen LogP contribution >= 0.6 is 0 Å². The van der Waals surface area contributed by atoms with Crippen LogP contribution < -0.4 is 0 Å². The number of ether oxygens (including phenoxy) is 3. The van der Waals surface area contributed by atoms with Crippen LogP contribution in [0.15, 0.2) is 134 Å². The van der Waals surface area contributed by atoms with Gasteiger partial charge < -0.3 is 14.2 Å². The second-order valence-corrected chi connectivity index (χ2v) is 22.0. The molecule has 0 spiro atoms. The molecule has 0 aliphatic heterocycles. The summed E-state index contributed by atoms with van der Waals surface area (Å²) in [4.78, 5) is 38.3. The molecule has 0 amide bonds. The van der Waals surface area contributed by atoms with Crippen LogP contribution in [0.4, 0.5) is 0 Å². The van der Waals surface area contributed by atoms with Crippen LogP contribution in [0.25, 0.3) is 0 Å². The Morgan fingerprint density at radius 3 is 0.840 bits per heavy atom. The van der Waals surface area contributed by atoms with Gasteiger partial charge in [-0.15, -0.1) is 0 Å². The van der Waals surface area contributed by atoms with Crippen molar-refractivity contribution >= 4 is 17.9 Å². The molecule has 0 radical (unpaired) electrons. The van der Waals surface area contributed by atoms with Gasteiger partial charge in [-0.1, -0.05) is 296 Å². The van der Waals surface area contributed by atoms with Gasteiger partial charge in [-0.2, -0.15) is 0 Å². The second kappa shape index (κ2) is 68.1. The molecular formula is C75H124O6. The molecule has 0 aromatic carbocycles. The van der Waals surface area contributed by atoms with E-state index in [0.29, 0.717) is 19.3 Å². The highest BCUT2D eigenvalue weighted by molar-refractivity contribution is 5.71. The molecule has 0 aromatic rings. The fourth-order valence-corrected chi connectivity index (χ4v) is 9.16. The van der Waals surface area contributed by atoms with Crippen LogP contribution in [0.5, 0.6) is 0 Å². The third-order valence-electron chi connectivity index (χ3n) is 14.1. The van der Waals surface area contributed by atoms with Gasteiger partial charge in [0, 0.05) is 19.3 Å². The molecule has 0 bridgehead atoms. The second-order valence-electron chi connectivity index (χ2n) is 22.0. The van der Waals surface area contributed by atoms with Crippen molar-refractivity contribution in [2.45, 2.75) is 309 Å². The fraction of sp³-hybridized carbons (Fsp3) is 0.667. The fourth-order valence-electron chi connectivity index (χ4n) is 9.16. The monoisotopic (exact) mass is 1120 g/mol. The molecule has 0 aliphatic carbocycles. The average Bonchev–Trinajstić information content (AvgIpc) is 3.46. The van der Waals surface area contributed by atoms with Crippen LogP contribution in [0, 0.1) is 0 Å². The molecule has 1 atom stereocenters. The van der Waals surface area contributed by atoms with Gasteiger partial charge in [0.1, 0.15) is 13.2 Å². The summed E-state index contributed by atoms with van der Waals surface area (Å²) in [5.74, 6) is -0.987. The Morgan fingerprint density at radius 1 is 0.259 bits per heavy atom. The highest BCUT2D eigenvalue weighted by Crippen LogP contribution is 2.16. The number of hydrogen-bond acceptors (Lipinski definition) is 6. The molecule has 460 valence electrons. The van der Waals surface area contributed by atoms with Crippen molar-refractivity contribution in [3.63, 3.8) is 0 Å². The average molecular weight is 1120 g/mol. The molecule has 6 nitrogen and oxygen atoms in total. The molecule has 0 fully saturated rings. The Labute approximate surface area is 500 Å². The molecule has 0 aliphatic rings. The lowest BCUT2D eigenvalue weighted by Crippen LogP contribution is -2.30. The Hall–Kier alpha value is -4.45. The maximum atomic E-state index is 12.9. The zero-order chi connectivity index (χ0) is 58.5. The van der Waals surface area contributed by atoms with Crippen molar-refractivity contribution in [3.8, 4) is 0 Å². The van der Waals surface area contributed by atoms with Crippen LogP contribution in [-0.4, -0.2) is 37.2 Å². The SMILES string of the molecule is CC/C=C\C/C=C\C/C=C\C/C=C\C/C=C\C/C=C\CCCCCCCCCCCCCCC(=O)OCC(COC(=O)CC/C=C\C/C=C\C/C=C\C/C=C\CC)OC(=O)CCCCCCCCCCC/C=C\CCCCCCCC. The van der Waals surface area contributed by atoms with Crippen molar-refractivity contribution in [1.29, 1.82) is 0 Å². The molecule has 0 N–H and O–H groups in total. The van der Waals surface area contributed by atoms with E-state index in [2.05, 4.69) is 148 Å². The van der Waals surface area contributed by atoms with Crippen molar-refractivity contribution in [3.05, 3.63) is 134 Å². The minimum Gasteiger partial charge on any atom is -0.462 e. The van der Waals surface area contributed by atoms with Crippen molar-refractivity contribution in [2.75, 3.05) is 13.2 Å². The van der Waals surface area contributed by atoms with Crippen molar-refractivity contribution < 1.29 is 28.6 Å². The first-order valence-electron chi connectivity index (χ1n) is 33.7. The van der Waals surface area contributed by atoms with Gasteiger partial charge >= 0.3 is 17.9 Å². The normalized spacial score (nSPS) is 13.0. The highest BCUT2D eigenvalue weighted by atomic mass is 16.6. The lowest BCUT2D eigenvalue weighted by atomic mass is 10.0. The number of hydrogen-bond donors (Lipinski definition) is 0. The summed E-state index contributed by atoms with van der Waals surface area (Å²) in [6.07, 6.45) is 96.3. The van der Waals surface area contributed by atoms with Crippen LogP contribution in [0.2, 0.25) is 0 Å². The van der Waals surface area contributed by atoms with Crippen LogP contribution in [0.1, 0.15) is 303 Å². The van der Waals surface area contributed by atoms with Crippen molar-refractivity contribution in [2.24, 2.45) is 0 Å². The number of esters is 3. The smallest absolute Gasteiger partial charge is 0.306 e. The van der Waals surface area contributed by atoms with Gasteiger partial charge in [-0.3, -0.25) is 14.4 Å². The van der Waals surface area contributed by atoms with E-state index >= 15 is 0 Å². The van der Waals surface area contributed by atoms with Crippen LogP contribution in [-0.2, 0) is 28.6 Å². The quantitative estimate of drug-likeness (QED) is 0.0261. The number of allylic oxidation sites excluding steroid dienone is 22. The zero-order valence-corrected chi connectivity index (χ0v) is 52.8. The summed E-state index contributed by atoms with van der Waals surface area (Å²) in [6, 6.07) is 0. The summed E-state index contributed by atoms with van der Waals surface area (Å²) in [6.45, 7) is 6.36. The number of unbranched alkanes of at least 4 members (excludes halogenated alkanes) is 27. The molecule has 0 aromatic heterocycles. The molecular weight excluding hydrogens is 997 g/mol. The highest BCUT2D eigenvalue weighted by Gasteiger charge is 2.19. The first-order valence-corrected chi connectivity index (χ1v) is 33.7. The minimum absolute atomic E-state index is 0.103. The predicted octanol–water partition coefficient (Wildman–Crippen LogP) is 23.3. The molecule has 0 saturated carbocycles. The van der Waals surface area contributed by atoms with Crippen LogP contribution in [0.3, 0.4) is 0 Å². The maximum Gasteiger partial charge on any atom is 0.306 e. The Balaban J connectivity index is 4.30. The summed E-state index contributed by atoms with van der Waals surface area (Å²) in [5, 5.41) is 0. The molecule has 0 heterocycles. The largest absolute Gasteiger partial charge is 0.462 e. The van der Waals surface area contributed by atoms with E-state index in [4.69, 9.17) is 14.2 Å². The number of carbonyl (C=O) groups excluding carboxylic acids is 3. The van der Waals surface area contributed by atoms with Gasteiger partial charge in [0.15, 0.2) is 6.10 Å². The lowest BCUT2D eigenvalue weighted by molar-refractivity contribution is -0.166. The van der Waals surface area contributed by atoms with E-state index < -0.39 is 6.10 Å². The number of rotatable bonds is 60. The van der Waals surface area contributed by atoms with E-state index in [0.717, 1.165) is 103 Å². The molecule has 1 unspecified atom stereocenters. The van der Waals surface area contributed by atoms with Gasteiger partial charge in [0.25, 0.3) is 0 Å². The molecule has 81 heavy (non-hydrogen) atoms. The summed E-state index contributed by atoms with van der Waals surface area (Å²) >= 11 is 0. The van der Waals surface area contributed by atoms with Gasteiger partial charge in [-0.05, 0) is 122 Å². The third kappa shape index (κ3) is 66.2. The Morgan fingerprint density at radius 2 is 0.506 bits per heavy atom. The first-order chi connectivity index (χ1) is 40.0. The summed E-state index contributed by atoms with van der Waals surface area (Å²) in [7, 11) is 0. The third-order valence-corrected chi connectivity index (χ3v) is 14.1. The topological polar surface area (TPSA) is 78.9 Å².